The Morgan fingerprint density at radius 3 is 2.20 bits per heavy atom. The maximum absolute atomic E-state index is 9.06. The van der Waals surface area contributed by atoms with Crippen LogP contribution < -0.4 is 5.59 Å². The van der Waals surface area contributed by atoms with Gasteiger partial charge >= 0.3 is 7.12 Å². The van der Waals surface area contributed by atoms with E-state index in [1.54, 1.807) is 35.5 Å². The lowest BCUT2D eigenvalue weighted by molar-refractivity contribution is -0.0394. The van der Waals surface area contributed by atoms with Crippen LogP contribution in [-0.2, 0) is 9.47 Å². The molecular weight excluding hydrogens is 387 g/mol. The molecule has 0 spiro atoms. The van der Waals surface area contributed by atoms with Crippen molar-refractivity contribution in [1.82, 2.24) is 29.8 Å². The molecule has 3 aromatic rings. The zero-order valence-corrected chi connectivity index (χ0v) is 17.0. The second kappa shape index (κ2) is 12.3. The molecule has 2 aliphatic rings. The maximum Gasteiger partial charge on any atom is 0.507 e. The summed E-state index contributed by atoms with van der Waals surface area (Å²) in [4.78, 5) is 0. The second-order valence-electron chi connectivity index (χ2n) is 6.97. The van der Waals surface area contributed by atoms with E-state index in [9.17, 15) is 0 Å². The van der Waals surface area contributed by atoms with Crippen LogP contribution in [0.15, 0.2) is 49.2 Å². The highest BCUT2D eigenvalue weighted by Crippen LogP contribution is 2.21. The SMILES string of the molecule is OB(O)c1ccnn1C1CCCCO1.c1cn[nH]c1.c1cnn(C2CCCCO2)c1. The molecule has 2 unspecified atom stereocenters. The maximum atomic E-state index is 9.06. The molecule has 2 saturated heterocycles. The average molecular weight is 416 g/mol. The third-order valence-corrected chi connectivity index (χ3v) is 4.78. The predicted molar refractivity (Wildman–Crippen MR) is 111 cm³/mol. The summed E-state index contributed by atoms with van der Waals surface area (Å²) >= 11 is 0. The van der Waals surface area contributed by atoms with Gasteiger partial charge in [0.2, 0.25) is 0 Å². The molecule has 2 atom stereocenters. The number of H-pyrrole nitrogens is 1. The molecule has 0 bridgehead atoms. The summed E-state index contributed by atoms with van der Waals surface area (Å²) in [5.41, 5.74) is 0.386. The molecule has 11 heteroatoms. The smallest absolute Gasteiger partial charge is 0.422 e. The summed E-state index contributed by atoms with van der Waals surface area (Å²) in [5.74, 6) is 0. The van der Waals surface area contributed by atoms with Gasteiger partial charge in [-0.25, -0.2) is 9.36 Å². The number of hydrogen-bond donors (Lipinski definition) is 3. The lowest BCUT2D eigenvalue weighted by atomic mass is 9.86. The Kier molecular flexibility index (Phi) is 9.10. The first-order valence-electron chi connectivity index (χ1n) is 10.3. The highest BCUT2D eigenvalue weighted by Gasteiger charge is 2.24. The molecule has 10 nitrogen and oxygen atoms in total. The van der Waals surface area contributed by atoms with Crippen molar-refractivity contribution in [2.24, 2.45) is 0 Å². The van der Waals surface area contributed by atoms with Crippen molar-refractivity contribution in [3.05, 3.63) is 49.2 Å². The fraction of sp³-hybridized carbons (Fsp3) is 0.526. The summed E-state index contributed by atoms with van der Waals surface area (Å²) in [6.07, 6.45) is 15.4. The van der Waals surface area contributed by atoms with E-state index in [2.05, 4.69) is 20.4 Å². The molecule has 2 fully saturated rings. The highest BCUT2D eigenvalue weighted by molar-refractivity contribution is 6.57. The van der Waals surface area contributed by atoms with Crippen LogP contribution in [0, 0.1) is 0 Å². The van der Waals surface area contributed by atoms with Crippen molar-refractivity contribution in [3.8, 4) is 0 Å². The molecule has 162 valence electrons. The first kappa shape index (κ1) is 22.2. The highest BCUT2D eigenvalue weighted by atomic mass is 16.5. The van der Waals surface area contributed by atoms with Crippen molar-refractivity contribution < 1.29 is 19.5 Å². The minimum atomic E-state index is -1.48. The minimum Gasteiger partial charge on any atom is -0.422 e. The average Bonchev–Trinajstić information content (AvgIpc) is 3.59. The second-order valence-corrected chi connectivity index (χ2v) is 6.97. The van der Waals surface area contributed by atoms with Gasteiger partial charge in [0.05, 0.1) is 5.59 Å². The lowest BCUT2D eigenvalue weighted by Gasteiger charge is -2.24. The van der Waals surface area contributed by atoms with Crippen LogP contribution in [-0.4, -0.2) is 60.1 Å². The van der Waals surface area contributed by atoms with Crippen LogP contribution in [0.25, 0.3) is 0 Å². The van der Waals surface area contributed by atoms with E-state index in [1.807, 2.05) is 23.0 Å². The Morgan fingerprint density at radius 2 is 1.70 bits per heavy atom. The quantitative estimate of drug-likeness (QED) is 0.549. The number of nitrogens with one attached hydrogen (secondary N) is 1. The third-order valence-electron chi connectivity index (χ3n) is 4.78. The zero-order valence-electron chi connectivity index (χ0n) is 17.0. The summed E-state index contributed by atoms with van der Waals surface area (Å²) < 4.78 is 14.4. The number of rotatable bonds is 3. The van der Waals surface area contributed by atoms with E-state index < -0.39 is 7.12 Å². The first-order chi connectivity index (χ1) is 14.8. The molecule has 2 aliphatic heterocycles. The molecule has 0 amide bonds. The van der Waals surface area contributed by atoms with Crippen molar-refractivity contribution >= 4 is 12.7 Å². The number of ether oxygens (including phenoxy) is 2. The van der Waals surface area contributed by atoms with Crippen molar-refractivity contribution in [2.45, 2.75) is 51.0 Å². The van der Waals surface area contributed by atoms with E-state index in [4.69, 9.17) is 19.5 Å². The van der Waals surface area contributed by atoms with E-state index in [0.29, 0.717) is 12.2 Å². The lowest BCUT2D eigenvalue weighted by Crippen LogP contribution is -2.39. The molecule has 0 aromatic carbocycles. The van der Waals surface area contributed by atoms with Crippen LogP contribution >= 0.6 is 0 Å². The standard InChI is InChI=1S/C8H13BN2O3.C8H12N2O.C3H4N2/c12-9(13)7-4-5-10-11(7)8-3-1-2-6-14-8;1-2-7-11-8(4-1)10-6-3-5-9-10;1-2-4-5-3-1/h4-5,8,12-13H,1-3,6H2;3,5-6,8H,1-2,4,7H2;1-3H,(H,4,5). The zero-order chi connectivity index (χ0) is 21.0. The van der Waals surface area contributed by atoms with E-state index in [0.717, 1.165) is 32.3 Å². The van der Waals surface area contributed by atoms with Gasteiger partial charge in [-0.15, -0.1) is 0 Å². The van der Waals surface area contributed by atoms with E-state index in [1.165, 1.54) is 12.8 Å². The Bertz CT molecular complexity index is 767. The van der Waals surface area contributed by atoms with E-state index >= 15 is 0 Å². The molecule has 0 radical (unpaired) electrons. The molecule has 5 rings (SSSR count). The topological polar surface area (TPSA) is 123 Å². The van der Waals surface area contributed by atoms with Crippen LogP contribution in [0.3, 0.4) is 0 Å². The third kappa shape index (κ3) is 6.80. The molecule has 30 heavy (non-hydrogen) atoms. The van der Waals surface area contributed by atoms with Crippen molar-refractivity contribution in [2.75, 3.05) is 13.2 Å². The van der Waals surface area contributed by atoms with Gasteiger partial charge in [-0.05, 0) is 56.7 Å². The van der Waals surface area contributed by atoms with Gasteiger partial charge in [0, 0.05) is 44.2 Å². The van der Waals surface area contributed by atoms with Crippen LogP contribution in [0.1, 0.15) is 51.0 Å². The van der Waals surface area contributed by atoms with E-state index in [-0.39, 0.29) is 12.5 Å². The fourth-order valence-corrected chi connectivity index (χ4v) is 3.28. The summed E-state index contributed by atoms with van der Waals surface area (Å²) in [5, 5.41) is 32.5. The Labute approximate surface area is 176 Å². The Hall–Kier alpha value is -2.47. The Morgan fingerprint density at radius 1 is 0.933 bits per heavy atom. The first-order valence-corrected chi connectivity index (χ1v) is 10.3. The summed E-state index contributed by atoms with van der Waals surface area (Å²) in [7, 11) is -1.48. The molecule has 5 heterocycles. The number of aromatic amines is 1. The van der Waals surface area contributed by atoms with Gasteiger partial charge < -0.3 is 19.5 Å². The monoisotopic (exact) mass is 416 g/mol. The van der Waals surface area contributed by atoms with Gasteiger partial charge in [0.15, 0.2) is 0 Å². The van der Waals surface area contributed by atoms with Crippen LogP contribution in [0.5, 0.6) is 0 Å². The fourth-order valence-electron chi connectivity index (χ4n) is 3.28. The molecule has 0 aliphatic carbocycles. The van der Waals surface area contributed by atoms with Gasteiger partial charge in [-0.2, -0.15) is 15.3 Å². The number of nitrogens with zero attached hydrogens (tertiary/aromatic N) is 5. The largest absolute Gasteiger partial charge is 0.507 e. The predicted octanol–water partition coefficient (Wildman–Crippen LogP) is 1.25. The molecular formula is C19H29BN6O4. The molecule has 0 saturated carbocycles. The summed E-state index contributed by atoms with van der Waals surface area (Å²) in [6.45, 7) is 1.59. The molecule has 3 aromatic heterocycles. The normalized spacial score (nSPS) is 21.0. The van der Waals surface area contributed by atoms with Crippen LogP contribution in [0.4, 0.5) is 0 Å². The van der Waals surface area contributed by atoms with Crippen molar-refractivity contribution in [3.63, 3.8) is 0 Å². The molecule has 3 N–H and O–H groups in total. The minimum absolute atomic E-state index is 0.143. The van der Waals surface area contributed by atoms with Crippen LogP contribution in [0.2, 0.25) is 0 Å². The van der Waals surface area contributed by atoms with Gasteiger partial charge in [0.25, 0.3) is 0 Å². The van der Waals surface area contributed by atoms with Crippen molar-refractivity contribution in [1.29, 1.82) is 0 Å². The van der Waals surface area contributed by atoms with Gasteiger partial charge in [-0.1, -0.05) is 0 Å². The van der Waals surface area contributed by atoms with Gasteiger partial charge in [0.1, 0.15) is 12.5 Å². The number of hydrogen-bond acceptors (Lipinski definition) is 7. The summed E-state index contributed by atoms with van der Waals surface area (Å²) in [6, 6.07) is 5.35. The Balaban J connectivity index is 0.000000142. The van der Waals surface area contributed by atoms with Gasteiger partial charge in [-0.3, -0.25) is 5.10 Å². The number of aromatic nitrogens is 6.